The molecule has 96 valence electrons. The Bertz CT molecular complexity index is 330. The zero-order chi connectivity index (χ0) is 12.7. The fraction of sp³-hybridized carbons (Fsp3) is 0.625. The second-order valence-corrected chi connectivity index (χ2v) is 5.06. The number of hydrogen-bond acceptors (Lipinski definition) is 1. The Morgan fingerprint density at radius 2 is 1.76 bits per heavy atom. The van der Waals surface area contributed by atoms with Crippen LogP contribution < -0.4 is 0 Å². The largest absolute Gasteiger partial charge is 0.299 e. The fourth-order valence-corrected chi connectivity index (χ4v) is 2.18. The van der Waals surface area contributed by atoms with Gasteiger partial charge in [-0.05, 0) is 50.9 Å². The van der Waals surface area contributed by atoms with Gasteiger partial charge in [-0.25, -0.2) is 0 Å². The highest BCUT2D eigenvalue weighted by Crippen LogP contribution is 2.14. The summed E-state index contributed by atoms with van der Waals surface area (Å²) in [6.07, 6.45) is 3.84. The van der Waals surface area contributed by atoms with Crippen LogP contribution in [0.5, 0.6) is 0 Å². The molecule has 1 rings (SSSR count). The summed E-state index contributed by atoms with van der Waals surface area (Å²) >= 11 is 0. The molecule has 0 aliphatic rings. The highest BCUT2D eigenvalue weighted by atomic mass is 15.1. The Labute approximate surface area is 107 Å². The Kier molecular flexibility index (Phi) is 6.28. The van der Waals surface area contributed by atoms with E-state index in [9.17, 15) is 0 Å². The number of hydrogen-bond donors (Lipinski definition) is 0. The van der Waals surface area contributed by atoms with Gasteiger partial charge in [-0.2, -0.15) is 0 Å². The third-order valence-corrected chi connectivity index (χ3v) is 3.27. The molecule has 0 atom stereocenters. The van der Waals surface area contributed by atoms with Crippen LogP contribution in [0, 0.1) is 13.8 Å². The molecule has 1 nitrogen and oxygen atoms in total. The molecular weight excluding hydrogens is 206 g/mol. The van der Waals surface area contributed by atoms with Crippen molar-refractivity contribution in [1.29, 1.82) is 0 Å². The van der Waals surface area contributed by atoms with Crippen LogP contribution in [0.25, 0.3) is 0 Å². The van der Waals surface area contributed by atoms with E-state index in [0.717, 1.165) is 6.54 Å². The first kappa shape index (κ1) is 14.2. The molecular formula is C16H27N. The van der Waals surface area contributed by atoms with Crippen molar-refractivity contribution < 1.29 is 0 Å². The Morgan fingerprint density at radius 3 is 2.41 bits per heavy atom. The molecule has 0 saturated carbocycles. The van der Waals surface area contributed by atoms with E-state index in [-0.39, 0.29) is 0 Å². The molecule has 0 bridgehead atoms. The third-order valence-electron chi connectivity index (χ3n) is 3.27. The van der Waals surface area contributed by atoms with Crippen LogP contribution in [0.4, 0.5) is 0 Å². The normalized spacial score (nSPS) is 11.1. The summed E-state index contributed by atoms with van der Waals surface area (Å²) < 4.78 is 0. The van der Waals surface area contributed by atoms with Crippen molar-refractivity contribution in [2.75, 3.05) is 13.1 Å². The van der Waals surface area contributed by atoms with Gasteiger partial charge in [0.05, 0.1) is 0 Å². The predicted octanol–water partition coefficient (Wildman–Crippen LogP) is 4.32. The van der Waals surface area contributed by atoms with E-state index in [0.29, 0.717) is 0 Å². The Balaban J connectivity index is 2.67. The van der Waals surface area contributed by atoms with Gasteiger partial charge in [-0.15, -0.1) is 0 Å². The minimum Gasteiger partial charge on any atom is -0.299 e. The highest BCUT2D eigenvalue weighted by molar-refractivity contribution is 5.30. The van der Waals surface area contributed by atoms with E-state index >= 15 is 0 Å². The van der Waals surface area contributed by atoms with Gasteiger partial charge >= 0.3 is 0 Å². The average Bonchev–Trinajstić information content (AvgIpc) is 2.31. The Hall–Kier alpha value is -0.820. The second kappa shape index (κ2) is 7.50. The quantitative estimate of drug-likeness (QED) is 0.678. The van der Waals surface area contributed by atoms with E-state index in [1.165, 1.54) is 49.0 Å². The van der Waals surface area contributed by atoms with Crippen LogP contribution in [-0.4, -0.2) is 18.0 Å². The van der Waals surface area contributed by atoms with Crippen molar-refractivity contribution in [2.24, 2.45) is 0 Å². The molecule has 0 N–H and O–H groups in total. The maximum absolute atomic E-state index is 2.59. The summed E-state index contributed by atoms with van der Waals surface area (Å²) in [6, 6.07) is 6.79. The molecule has 0 fully saturated rings. The van der Waals surface area contributed by atoms with Gasteiger partial charge in [0.1, 0.15) is 0 Å². The van der Waals surface area contributed by atoms with Crippen molar-refractivity contribution >= 4 is 0 Å². The molecule has 0 heterocycles. The average molecular weight is 233 g/mol. The maximum atomic E-state index is 2.59. The van der Waals surface area contributed by atoms with Crippen LogP contribution in [0.1, 0.15) is 49.8 Å². The van der Waals surface area contributed by atoms with Gasteiger partial charge in [0.15, 0.2) is 0 Å². The SMILES string of the molecule is CCCCN(CCC)Cc1cc(C)ccc1C. The fourth-order valence-electron chi connectivity index (χ4n) is 2.18. The summed E-state index contributed by atoms with van der Waals surface area (Å²) in [5.41, 5.74) is 4.29. The number of aryl methyl sites for hydroxylation is 2. The standard InChI is InChI=1S/C16H27N/c1-5-7-11-17(10-6-2)13-16-12-14(3)8-9-15(16)4/h8-9,12H,5-7,10-11,13H2,1-4H3. The number of benzene rings is 1. The lowest BCUT2D eigenvalue weighted by Crippen LogP contribution is -2.25. The minimum absolute atomic E-state index is 1.11. The zero-order valence-corrected chi connectivity index (χ0v) is 11.9. The molecule has 0 amide bonds. The van der Waals surface area contributed by atoms with Crippen molar-refractivity contribution in [3.8, 4) is 0 Å². The van der Waals surface area contributed by atoms with Crippen molar-refractivity contribution in [3.63, 3.8) is 0 Å². The summed E-state index contributed by atoms with van der Waals surface area (Å²) in [6.45, 7) is 12.5. The molecule has 17 heavy (non-hydrogen) atoms. The van der Waals surface area contributed by atoms with E-state index in [4.69, 9.17) is 0 Å². The van der Waals surface area contributed by atoms with Gasteiger partial charge in [0, 0.05) is 6.54 Å². The lowest BCUT2D eigenvalue weighted by Gasteiger charge is -2.22. The van der Waals surface area contributed by atoms with Gasteiger partial charge in [-0.1, -0.05) is 44.0 Å². The van der Waals surface area contributed by atoms with Gasteiger partial charge < -0.3 is 0 Å². The van der Waals surface area contributed by atoms with Crippen LogP contribution in [-0.2, 0) is 6.54 Å². The lowest BCUT2D eigenvalue weighted by atomic mass is 10.0. The van der Waals surface area contributed by atoms with Gasteiger partial charge in [-0.3, -0.25) is 4.90 Å². The van der Waals surface area contributed by atoms with E-state index < -0.39 is 0 Å². The monoisotopic (exact) mass is 233 g/mol. The van der Waals surface area contributed by atoms with Gasteiger partial charge in [0.25, 0.3) is 0 Å². The number of rotatable bonds is 7. The summed E-state index contributed by atoms with van der Waals surface area (Å²) in [5.74, 6) is 0. The molecule has 0 spiro atoms. The third kappa shape index (κ3) is 4.91. The topological polar surface area (TPSA) is 3.24 Å². The number of nitrogens with zero attached hydrogens (tertiary/aromatic N) is 1. The van der Waals surface area contributed by atoms with Crippen LogP contribution >= 0.6 is 0 Å². The summed E-state index contributed by atoms with van der Waals surface area (Å²) in [4.78, 5) is 2.59. The van der Waals surface area contributed by atoms with Crippen LogP contribution in [0.2, 0.25) is 0 Å². The summed E-state index contributed by atoms with van der Waals surface area (Å²) in [7, 11) is 0. The van der Waals surface area contributed by atoms with Crippen LogP contribution in [0.15, 0.2) is 18.2 Å². The predicted molar refractivity (Wildman–Crippen MR) is 76.4 cm³/mol. The lowest BCUT2D eigenvalue weighted by molar-refractivity contribution is 0.261. The molecule has 1 heteroatoms. The molecule has 1 aromatic rings. The van der Waals surface area contributed by atoms with E-state index in [2.05, 4.69) is 50.8 Å². The van der Waals surface area contributed by atoms with Crippen molar-refractivity contribution in [3.05, 3.63) is 34.9 Å². The second-order valence-electron chi connectivity index (χ2n) is 5.06. The summed E-state index contributed by atoms with van der Waals surface area (Å²) in [5, 5.41) is 0. The van der Waals surface area contributed by atoms with Crippen LogP contribution in [0.3, 0.4) is 0 Å². The first-order valence-electron chi connectivity index (χ1n) is 6.95. The number of unbranched alkanes of at least 4 members (excludes halogenated alkanes) is 1. The zero-order valence-electron chi connectivity index (χ0n) is 11.9. The molecule has 0 unspecified atom stereocenters. The Morgan fingerprint density at radius 1 is 1.00 bits per heavy atom. The van der Waals surface area contributed by atoms with Crippen molar-refractivity contribution in [1.82, 2.24) is 4.90 Å². The molecule has 0 aliphatic heterocycles. The highest BCUT2D eigenvalue weighted by Gasteiger charge is 2.06. The van der Waals surface area contributed by atoms with Crippen molar-refractivity contribution in [2.45, 2.75) is 53.5 Å². The maximum Gasteiger partial charge on any atom is 0.0236 e. The molecule has 1 aromatic carbocycles. The molecule has 0 saturated heterocycles. The molecule has 0 aliphatic carbocycles. The first-order chi connectivity index (χ1) is 8.17. The minimum atomic E-state index is 1.11. The smallest absolute Gasteiger partial charge is 0.0236 e. The first-order valence-corrected chi connectivity index (χ1v) is 6.95. The van der Waals surface area contributed by atoms with E-state index in [1.807, 2.05) is 0 Å². The molecule has 0 aromatic heterocycles. The van der Waals surface area contributed by atoms with E-state index in [1.54, 1.807) is 0 Å². The molecule has 0 radical (unpaired) electrons. The van der Waals surface area contributed by atoms with Gasteiger partial charge in [0.2, 0.25) is 0 Å².